The maximum Gasteiger partial charge on any atom is 0.417 e. The molecule has 0 unspecified atom stereocenters. The second-order valence-electron chi connectivity index (χ2n) is 7.42. The van der Waals surface area contributed by atoms with Crippen molar-refractivity contribution in [2.24, 2.45) is 0 Å². The number of alkyl halides is 3. The highest BCUT2D eigenvalue weighted by Gasteiger charge is 2.47. The van der Waals surface area contributed by atoms with Gasteiger partial charge in [-0.3, -0.25) is 14.8 Å². The number of carbonyl (C=O) groups is 1. The van der Waals surface area contributed by atoms with Crippen molar-refractivity contribution in [3.63, 3.8) is 0 Å². The van der Waals surface area contributed by atoms with E-state index in [1.54, 1.807) is 30.7 Å². The summed E-state index contributed by atoms with van der Waals surface area (Å²) in [5.74, 6) is -0.783. The van der Waals surface area contributed by atoms with E-state index >= 15 is 0 Å². The minimum atomic E-state index is -4.61. The van der Waals surface area contributed by atoms with E-state index in [9.17, 15) is 18.0 Å². The summed E-state index contributed by atoms with van der Waals surface area (Å²) in [7, 11) is 0. The van der Waals surface area contributed by atoms with Crippen LogP contribution in [-0.4, -0.2) is 22.4 Å². The minimum Gasteiger partial charge on any atom is -0.351 e. The number of aromatic nitrogens is 2. The first kappa shape index (κ1) is 21.6. The zero-order chi connectivity index (χ0) is 22.2. The third-order valence-corrected chi connectivity index (χ3v) is 5.96. The van der Waals surface area contributed by atoms with E-state index in [4.69, 9.17) is 23.2 Å². The van der Waals surface area contributed by atoms with Crippen LogP contribution < -0.4 is 5.32 Å². The first-order chi connectivity index (χ1) is 14.7. The SMILES string of the molecule is O=C(NCC1(c2ncc(-c3cnccc3Cl)cc2Cl)CC1)c1ccccc1C(F)(F)F. The first-order valence-electron chi connectivity index (χ1n) is 9.42. The molecule has 3 aromatic rings. The maximum absolute atomic E-state index is 13.2. The average Bonchev–Trinajstić information content (AvgIpc) is 3.52. The fraction of sp³-hybridized carbons (Fsp3) is 0.227. The van der Waals surface area contributed by atoms with Gasteiger partial charge in [0.05, 0.1) is 26.9 Å². The van der Waals surface area contributed by atoms with Gasteiger partial charge in [-0.15, -0.1) is 0 Å². The van der Waals surface area contributed by atoms with E-state index in [1.165, 1.54) is 12.1 Å². The monoisotopic (exact) mass is 465 g/mol. The van der Waals surface area contributed by atoms with Crippen molar-refractivity contribution in [1.29, 1.82) is 0 Å². The summed E-state index contributed by atoms with van der Waals surface area (Å²) in [4.78, 5) is 21.0. The molecule has 1 N–H and O–H groups in total. The molecule has 31 heavy (non-hydrogen) atoms. The van der Waals surface area contributed by atoms with Gasteiger partial charge in [0.1, 0.15) is 0 Å². The molecule has 2 aromatic heterocycles. The predicted octanol–water partition coefficient (Wildman–Crippen LogP) is 5.93. The van der Waals surface area contributed by atoms with Crippen LogP contribution in [0.5, 0.6) is 0 Å². The van der Waals surface area contributed by atoms with Crippen molar-refractivity contribution in [1.82, 2.24) is 15.3 Å². The second kappa shape index (κ2) is 8.13. The molecule has 1 aliphatic carbocycles. The Morgan fingerprint density at radius 2 is 1.84 bits per heavy atom. The Bertz CT molecular complexity index is 1150. The van der Waals surface area contributed by atoms with Gasteiger partial charge in [0.2, 0.25) is 0 Å². The minimum absolute atomic E-state index is 0.137. The Morgan fingerprint density at radius 3 is 2.48 bits per heavy atom. The fourth-order valence-electron chi connectivity index (χ4n) is 3.49. The van der Waals surface area contributed by atoms with Gasteiger partial charge in [0.15, 0.2) is 0 Å². The molecule has 1 aliphatic rings. The number of carbonyl (C=O) groups excluding carboxylic acids is 1. The van der Waals surface area contributed by atoms with Crippen LogP contribution in [0.4, 0.5) is 13.2 Å². The van der Waals surface area contributed by atoms with Gasteiger partial charge in [0.25, 0.3) is 5.91 Å². The van der Waals surface area contributed by atoms with Gasteiger partial charge >= 0.3 is 6.18 Å². The Labute approximate surface area is 186 Å². The Morgan fingerprint density at radius 1 is 1.10 bits per heavy atom. The molecule has 0 radical (unpaired) electrons. The Kier molecular flexibility index (Phi) is 5.66. The van der Waals surface area contributed by atoms with Crippen LogP contribution in [0.2, 0.25) is 10.0 Å². The summed E-state index contributed by atoms with van der Waals surface area (Å²) in [6.45, 7) is 0.137. The highest BCUT2D eigenvalue weighted by atomic mass is 35.5. The molecule has 1 aromatic carbocycles. The van der Waals surface area contributed by atoms with Crippen LogP contribution in [0, 0.1) is 0 Å². The van der Waals surface area contributed by atoms with Gasteiger partial charge < -0.3 is 5.32 Å². The van der Waals surface area contributed by atoms with Crippen molar-refractivity contribution in [3.05, 3.63) is 81.9 Å². The summed E-state index contributed by atoms with van der Waals surface area (Å²) < 4.78 is 39.6. The number of nitrogens with zero attached hydrogens (tertiary/aromatic N) is 2. The standard InChI is InChI=1S/C22H16Cl2F3N3O/c23-17-5-8-28-11-15(17)13-9-18(24)19(29-10-13)21(6-7-21)12-30-20(31)14-3-1-2-4-16(14)22(25,26)27/h1-5,8-11H,6-7,12H2,(H,30,31). The first-order valence-corrected chi connectivity index (χ1v) is 10.2. The smallest absolute Gasteiger partial charge is 0.351 e. The van der Waals surface area contributed by atoms with Crippen molar-refractivity contribution in [2.75, 3.05) is 6.54 Å². The number of benzene rings is 1. The second-order valence-corrected chi connectivity index (χ2v) is 8.23. The Balaban J connectivity index is 1.53. The largest absolute Gasteiger partial charge is 0.417 e. The van der Waals surface area contributed by atoms with Gasteiger partial charge in [0, 0.05) is 41.7 Å². The van der Waals surface area contributed by atoms with Crippen molar-refractivity contribution in [2.45, 2.75) is 24.4 Å². The molecule has 4 nitrogen and oxygen atoms in total. The number of nitrogens with one attached hydrogen (secondary N) is 1. The quantitative estimate of drug-likeness (QED) is 0.507. The third kappa shape index (κ3) is 4.38. The zero-order valence-corrected chi connectivity index (χ0v) is 17.5. The topological polar surface area (TPSA) is 54.9 Å². The molecule has 0 bridgehead atoms. The molecule has 160 valence electrons. The van der Waals surface area contributed by atoms with Crippen molar-refractivity contribution < 1.29 is 18.0 Å². The summed E-state index contributed by atoms with van der Waals surface area (Å²) in [5.41, 5.74) is 0.106. The van der Waals surface area contributed by atoms with Gasteiger partial charge in [-0.2, -0.15) is 13.2 Å². The van der Waals surface area contributed by atoms with Crippen LogP contribution in [-0.2, 0) is 11.6 Å². The lowest BCUT2D eigenvalue weighted by Crippen LogP contribution is -2.34. The summed E-state index contributed by atoms with van der Waals surface area (Å²) in [5, 5.41) is 3.54. The number of rotatable bonds is 5. The van der Waals surface area contributed by atoms with E-state index in [0.717, 1.165) is 12.1 Å². The molecule has 1 saturated carbocycles. The highest BCUT2D eigenvalue weighted by molar-refractivity contribution is 6.34. The van der Waals surface area contributed by atoms with Crippen LogP contribution >= 0.6 is 23.2 Å². The fourth-order valence-corrected chi connectivity index (χ4v) is 4.07. The van der Waals surface area contributed by atoms with Gasteiger partial charge in [-0.25, -0.2) is 0 Å². The lowest BCUT2D eigenvalue weighted by atomic mass is 9.99. The average molecular weight is 466 g/mol. The zero-order valence-electron chi connectivity index (χ0n) is 16.0. The number of halogens is 5. The summed E-state index contributed by atoms with van der Waals surface area (Å²) in [6.07, 6.45) is 1.64. The number of pyridine rings is 2. The van der Waals surface area contributed by atoms with Gasteiger partial charge in [-0.1, -0.05) is 35.3 Å². The predicted molar refractivity (Wildman–Crippen MR) is 112 cm³/mol. The molecule has 4 rings (SSSR count). The number of hydrogen-bond acceptors (Lipinski definition) is 3. The molecule has 2 heterocycles. The van der Waals surface area contributed by atoms with Crippen LogP contribution in [0.1, 0.15) is 34.5 Å². The lowest BCUT2D eigenvalue weighted by molar-refractivity contribution is -0.137. The highest BCUT2D eigenvalue weighted by Crippen LogP contribution is 2.49. The summed E-state index contributed by atoms with van der Waals surface area (Å²) >= 11 is 12.7. The summed E-state index contributed by atoms with van der Waals surface area (Å²) in [6, 6.07) is 8.10. The van der Waals surface area contributed by atoms with Crippen molar-refractivity contribution >= 4 is 29.1 Å². The molecule has 0 saturated heterocycles. The van der Waals surface area contributed by atoms with Crippen LogP contribution in [0.25, 0.3) is 11.1 Å². The van der Waals surface area contributed by atoms with E-state index in [2.05, 4.69) is 15.3 Å². The van der Waals surface area contributed by atoms with Gasteiger partial charge in [-0.05, 0) is 37.1 Å². The molecule has 1 fully saturated rings. The molecular weight excluding hydrogens is 450 g/mol. The maximum atomic E-state index is 13.2. The van der Waals surface area contributed by atoms with Crippen molar-refractivity contribution in [3.8, 4) is 11.1 Å². The molecule has 0 aliphatic heterocycles. The molecule has 0 spiro atoms. The van der Waals surface area contributed by atoms with Crippen LogP contribution in [0.15, 0.2) is 55.0 Å². The molecule has 0 atom stereocenters. The van der Waals surface area contributed by atoms with E-state index in [-0.39, 0.29) is 6.54 Å². The number of hydrogen-bond donors (Lipinski definition) is 1. The molecular formula is C22H16Cl2F3N3O. The number of amides is 1. The van der Waals surface area contributed by atoms with E-state index < -0.39 is 28.6 Å². The lowest BCUT2D eigenvalue weighted by Gasteiger charge is -2.19. The molecule has 9 heteroatoms. The molecule has 1 amide bonds. The van der Waals surface area contributed by atoms with Crippen LogP contribution in [0.3, 0.4) is 0 Å². The van der Waals surface area contributed by atoms with E-state index in [1.807, 2.05) is 0 Å². The normalized spacial score (nSPS) is 14.9. The Hall–Kier alpha value is -2.64. The third-order valence-electron chi connectivity index (χ3n) is 5.34. The van der Waals surface area contributed by atoms with E-state index in [0.29, 0.717) is 39.7 Å².